The highest BCUT2D eigenvalue weighted by atomic mass is 35.5. The third-order valence-corrected chi connectivity index (χ3v) is 4.78. The number of halogens is 2. The number of rotatable bonds is 5. The summed E-state index contributed by atoms with van der Waals surface area (Å²) in [5.74, 6) is -0.174. The molecular formula is C18H17Cl2NO2. The molecule has 0 saturated heterocycles. The van der Waals surface area contributed by atoms with Gasteiger partial charge in [0.25, 0.3) is 5.91 Å². The maximum atomic E-state index is 12.4. The number of carbonyl (C=O) groups excluding carboxylic acids is 1. The van der Waals surface area contributed by atoms with Crippen LogP contribution in [-0.4, -0.2) is 17.6 Å². The first kappa shape index (κ1) is 16.3. The predicted molar refractivity (Wildman–Crippen MR) is 91.9 cm³/mol. The monoisotopic (exact) mass is 349 g/mol. The smallest absolute Gasteiger partial charge is 0.252 e. The van der Waals surface area contributed by atoms with E-state index >= 15 is 0 Å². The van der Waals surface area contributed by atoms with E-state index in [1.54, 1.807) is 12.1 Å². The highest BCUT2D eigenvalue weighted by Crippen LogP contribution is 2.45. The van der Waals surface area contributed by atoms with Crippen molar-refractivity contribution >= 4 is 29.1 Å². The van der Waals surface area contributed by atoms with Crippen molar-refractivity contribution in [3.63, 3.8) is 0 Å². The Morgan fingerprint density at radius 3 is 2.52 bits per heavy atom. The molecule has 1 atom stereocenters. The summed E-state index contributed by atoms with van der Waals surface area (Å²) in [7, 11) is 0. The average Bonchev–Trinajstić information content (AvgIpc) is 3.41. The van der Waals surface area contributed by atoms with Crippen molar-refractivity contribution in [2.24, 2.45) is 5.92 Å². The summed E-state index contributed by atoms with van der Waals surface area (Å²) < 4.78 is 0. The molecule has 0 bridgehead atoms. The second-order valence-corrected chi connectivity index (χ2v) is 6.72. The van der Waals surface area contributed by atoms with Gasteiger partial charge in [0, 0.05) is 5.02 Å². The SMILES string of the molecule is O=C(NCC(O)(c1ccccc1)C1CC1)c1cc(Cl)ccc1Cl. The summed E-state index contributed by atoms with van der Waals surface area (Å²) in [6.07, 6.45) is 1.92. The molecule has 23 heavy (non-hydrogen) atoms. The van der Waals surface area contributed by atoms with Crippen LogP contribution in [0.3, 0.4) is 0 Å². The van der Waals surface area contributed by atoms with Gasteiger partial charge in [0.2, 0.25) is 0 Å². The standard InChI is InChI=1S/C18H17Cl2NO2/c19-14-8-9-16(20)15(10-14)17(22)21-11-18(23,13-6-7-13)12-4-2-1-3-5-12/h1-5,8-10,13,23H,6-7,11H2,(H,21,22). The van der Waals surface area contributed by atoms with Gasteiger partial charge in [-0.05, 0) is 42.5 Å². The van der Waals surface area contributed by atoms with Gasteiger partial charge in [-0.25, -0.2) is 0 Å². The van der Waals surface area contributed by atoms with Gasteiger partial charge < -0.3 is 10.4 Å². The van der Waals surface area contributed by atoms with Gasteiger partial charge in [-0.15, -0.1) is 0 Å². The van der Waals surface area contributed by atoms with E-state index in [9.17, 15) is 9.90 Å². The van der Waals surface area contributed by atoms with E-state index in [0.29, 0.717) is 15.6 Å². The third kappa shape index (κ3) is 3.52. The van der Waals surface area contributed by atoms with Crippen LogP contribution in [0, 0.1) is 5.92 Å². The largest absolute Gasteiger partial charge is 0.383 e. The summed E-state index contributed by atoms with van der Waals surface area (Å²) in [5.41, 5.74) is 0.0764. The van der Waals surface area contributed by atoms with E-state index in [2.05, 4.69) is 5.32 Å². The van der Waals surface area contributed by atoms with Crippen LogP contribution in [0.25, 0.3) is 0 Å². The Bertz CT molecular complexity index is 716. The van der Waals surface area contributed by atoms with Crippen LogP contribution in [0.5, 0.6) is 0 Å². The fraction of sp³-hybridized carbons (Fsp3) is 0.278. The maximum absolute atomic E-state index is 12.4. The Morgan fingerprint density at radius 2 is 1.87 bits per heavy atom. The van der Waals surface area contributed by atoms with Crippen molar-refractivity contribution in [1.29, 1.82) is 0 Å². The number of hydrogen-bond acceptors (Lipinski definition) is 2. The van der Waals surface area contributed by atoms with Gasteiger partial charge in [-0.3, -0.25) is 4.79 Å². The fourth-order valence-electron chi connectivity index (χ4n) is 2.75. The normalized spacial score (nSPS) is 16.7. The minimum Gasteiger partial charge on any atom is -0.383 e. The van der Waals surface area contributed by atoms with Crippen LogP contribution in [0.2, 0.25) is 10.0 Å². The van der Waals surface area contributed by atoms with Gasteiger partial charge in [0.15, 0.2) is 0 Å². The zero-order chi connectivity index (χ0) is 16.4. The Hall–Kier alpha value is -1.55. The lowest BCUT2D eigenvalue weighted by molar-refractivity contribution is 0.0135. The van der Waals surface area contributed by atoms with Gasteiger partial charge in [0.05, 0.1) is 17.1 Å². The van der Waals surface area contributed by atoms with Gasteiger partial charge >= 0.3 is 0 Å². The molecule has 0 spiro atoms. The highest BCUT2D eigenvalue weighted by Gasteiger charge is 2.45. The van der Waals surface area contributed by atoms with Gasteiger partial charge in [0.1, 0.15) is 5.60 Å². The Kier molecular flexibility index (Phi) is 4.62. The Morgan fingerprint density at radius 1 is 1.17 bits per heavy atom. The van der Waals surface area contributed by atoms with Gasteiger partial charge in [-0.1, -0.05) is 53.5 Å². The molecule has 3 nitrogen and oxygen atoms in total. The molecule has 2 N–H and O–H groups in total. The lowest BCUT2D eigenvalue weighted by atomic mass is 9.88. The molecule has 1 aliphatic carbocycles. The number of aliphatic hydroxyl groups is 1. The first-order valence-corrected chi connectivity index (χ1v) is 8.27. The highest BCUT2D eigenvalue weighted by molar-refractivity contribution is 6.35. The zero-order valence-electron chi connectivity index (χ0n) is 12.4. The quantitative estimate of drug-likeness (QED) is 0.856. The lowest BCUT2D eigenvalue weighted by Gasteiger charge is -2.29. The molecule has 0 aromatic heterocycles. The molecule has 1 fully saturated rings. The van der Waals surface area contributed by atoms with Crippen LogP contribution < -0.4 is 5.32 Å². The average molecular weight is 350 g/mol. The molecule has 120 valence electrons. The summed E-state index contributed by atoms with van der Waals surface area (Å²) in [4.78, 5) is 12.4. The first-order valence-electron chi connectivity index (χ1n) is 7.52. The number of carbonyl (C=O) groups is 1. The van der Waals surface area contributed by atoms with E-state index in [1.165, 1.54) is 6.07 Å². The van der Waals surface area contributed by atoms with Crippen molar-refractivity contribution < 1.29 is 9.90 Å². The zero-order valence-corrected chi connectivity index (χ0v) is 13.9. The molecule has 0 radical (unpaired) electrons. The molecular weight excluding hydrogens is 333 g/mol. The van der Waals surface area contributed by atoms with Crippen LogP contribution in [0.1, 0.15) is 28.8 Å². The topological polar surface area (TPSA) is 49.3 Å². The number of nitrogens with one attached hydrogen (secondary N) is 1. The fourth-order valence-corrected chi connectivity index (χ4v) is 3.13. The van der Waals surface area contributed by atoms with Gasteiger partial charge in [-0.2, -0.15) is 0 Å². The summed E-state index contributed by atoms with van der Waals surface area (Å²) in [5, 5.41) is 14.6. The molecule has 1 saturated carbocycles. The summed E-state index contributed by atoms with van der Waals surface area (Å²) >= 11 is 12.0. The Balaban J connectivity index is 1.77. The molecule has 2 aromatic rings. The van der Waals surface area contributed by atoms with Crippen molar-refractivity contribution in [2.75, 3.05) is 6.54 Å². The van der Waals surface area contributed by atoms with Crippen molar-refractivity contribution in [3.8, 4) is 0 Å². The molecule has 1 amide bonds. The number of hydrogen-bond donors (Lipinski definition) is 2. The van der Waals surface area contributed by atoms with Crippen LogP contribution >= 0.6 is 23.2 Å². The molecule has 0 aliphatic heterocycles. The van der Waals surface area contributed by atoms with E-state index < -0.39 is 5.60 Å². The van der Waals surface area contributed by atoms with Crippen LogP contribution in [0.15, 0.2) is 48.5 Å². The molecule has 1 unspecified atom stereocenters. The minimum atomic E-state index is -1.05. The maximum Gasteiger partial charge on any atom is 0.252 e. The van der Waals surface area contributed by atoms with Crippen molar-refractivity contribution in [3.05, 3.63) is 69.7 Å². The third-order valence-electron chi connectivity index (χ3n) is 4.22. The van der Waals surface area contributed by atoms with Crippen LogP contribution in [-0.2, 0) is 5.60 Å². The Labute approximate surface area is 145 Å². The number of amides is 1. The van der Waals surface area contributed by atoms with E-state index in [4.69, 9.17) is 23.2 Å². The first-order chi connectivity index (χ1) is 11.0. The van der Waals surface area contributed by atoms with E-state index in [1.807, 2.05) is 30.3 Å². The summed E-state index contributed by atoms with van der Waals surface area (Å²) in [6, 6.07) is 14.2. The van der Waals surface area contributed by atoms with E-state index in [-0.39, 0.29) is 18.4 Å². The molecule has 3 rings (SSSR count). The second-order valence-electron chi connectivity index (χ2n) is 5.87. The predicted octanol–water partition coefficient (Wildman–Crippen LogP) is 4.02. The molecule has 1 aliphatic rings. The molecule has 0 heterocycles. The van der Waals surface area contributed by atoms with E-state index in [0.717, 1.165) is 18.4 Å². The van der Waals surface area contributed by atoms with Crippen molar-refractivity contribution in [2.45, 2.75) is 18.4 Å². The minimum absolute atomic E-state index is 0.142. The molecule has 2 aromatic carbocycles. The van der Waals surface area contributed by atoms with Crippen LogP contribution in [0.4, 0.5) is 0 Å². The summed E-state index contributed by atoms with van der Waals surface area (Å²) in [6.45, 7) is 0.142. The molecule has 5 heteroatoms. The lowest BCUT2D eigenvalue weighted by Crippen LogP contribution is -2.42. The second kappa shape index (κ2) is 6.52. The number of benzene rings is 2. The van der Waals surface area contributed by atoms with Crippen molar-refractivity contribution in [1.82, 2.24) is 5.32 Å².